The summed E-state index contributed by atoms with van der Waals surface area (Å²) in [6, 6.07) is 13.5. The second kappa shape index (κ2) is 7.15. The number of nitriles is 1. The highest BCUT2D eigenvalue weighted by atomic mass is 15.3. The Labute approximate surface area is 151 Å². The number of aromatic nitrogens is 4. The first-order chi connectivity index (χ1) is 12.8. The SMILES string of the molecule is N#Cc1ccc(N2CCN(c3nccc(-c4ccccn4)n3)CC2)nc1. The molecular weight excluding hydrogens is 326 g/mol. The van der Waals surface area contributed by atoms with Crippen molar-refractivity contribution in [3.63, 3.8) is 0 Å². The predicted octanol–water partition coefficient (Wildman–Crippen LogP) is 2.13. The van der Waals surface area contributed by atoms with Crippen LogP contribution in [-0.4, -0.2) is 46.1 Å². The fourth-order valence-corrected chi connectivity index (χ4v) is 2.93. The van der Waals surface area contributed by atoms with Crippen LogP contribution in [0.5, 0.6) is 0 Å². The van der Waals surface area contributed by atoms with E-state index in [0.717, 1.165) is 49.3 Å². The van der Waals surface area contributed by atoms with Crippen LogP contribution in [-0.2, 0) is 0 Å². The van der Waals surface area contributed by atoms with E-state index in [1.54, 1.807) is 24.7 Å². The molecule has 0 unspecified atom stereocenters. The number of pyridine rings is 2. The molecule has 26 heavy (non-hydrogen) atoms. The van der Waals surface area contributed by atoms with Crippen LogP contribution in [0.2, 0.25) is 0 Å². The lowest BCUT2D eigenvalue weighted by Gasteiger charge is -2.35. The Hall–Kier alpha value is -3.53. The highest BCUT2D eigenvalue weighted by molar-refractivity contribution is 5.55. The van der Waals surface area contributed by atoms with Gasteiger partial charge in [-0.2, -0.15) is 5.26 Å². The zero-order valence-electron chi connectivity index (χ0n) is 14.2. The van der Waals surface area contributed by atoms with Crippen LogP contribution in [0.3, 0.4) is 0 Å². The first-order valence-corrected chi connectivity index (χ1v) is 8.44. The van der Waals surface area contributed by atoms with E-state index in [0.29, 0.717) is 5.56 Å². The molecule has 128 valence electrons. The molecule has 0 amide bonds. The normalized spacial score (nSPS) is 14.1. The molecular formula is C19H17N7. The van der Waals surface area contributed by atoms with E-state index in [4.69, 9.17) is 5.26 Å². The van der Waals surface area contributed by atoms with Gasteiger partial charge in [-0.25, -0.2) is 15.0 Å². The number of piperazine rings is 1. The molecule has 0 N–H and O–H groups in total. The Kier molecular flexibility index (Phi) is 4.39. The smallest absolute Gasteiger partial charge is 0.226 e. The zero-order chi connectivity index (χ0) is 17.8. The first-order valence-electron chi connectivity index (χ1n) is 8.44. The monoisotopic (exact) mass is 343 g/mol. The van der Waals surface area contributed by atoms with Crippen molar-refractivity contribution in [3.05, 3.63) is 60.6 Å². The van der Waals surface area contributed by atoms with Crippen molar-refractivity contribution in [3.8, 4) is 17.5 Å². The molecule has 1 aliphatic rings. The van der Waals surface area contributed by atoms with E-state index in [1.165, 1.54) is 0 Å². The highest BCUT2D eigenvalue weighted by Gasteiger charge is 2.20. The Bertz CT molecular complexity index is 911. The number of nitrogens with zero attached hydrogens (tertiary/aromatic N) is 7. The summed E-state index contributed by atoms with van der Waals surface area (Å²) in [6.07, 6.45) is 5.16. The molecule has 4 rings (SSSR count). The quantitative estimate of drug-likeness (QED) is 0.720. The fraction of sp³-hybridized carbons (Fsp3) is 0.211. The Morgan fingerprint density at radius 3 is 2.35 bits per heavy atom. The lowest BCUT2D eigenvalue weighted by atomic mass is 10.2. The molecule has 0 radical (unpaired) electrons. The zero-order valence-corrected chi connectivity index (χ0v) is 14.2. The van der Waals surface area contributed by atoms with E-state index >= 15 is 0 Å². The van der Waals surface area contributed by atoms with Gasteiger partial charge in [-0.3, -0.25) is 4.98 Å². The van der Waals surface area contributed by atoms with E-state index in [2.05, 4.69) is 35.8 Å². The topological polar surface area (TPSA) is 81.8 Å². The summed E-state index contributed by atoms with van der Waals surface area (Å²) < 4.78 is 0. The van der Waals surface area contributed by atoms with Gasteiger partial charge in [0.2, 0.25) is 5.95 Å². The lowest BCUT2D eigenvalue weighted by Crippen LogP contribution is -2.47. The van der Waals surface area contributed by atoms with Gasteiger partial charge in [-0.05, 0) is 30.3 Å². The molecule has 1 aliphatic heterocycles. The molecule has 0 spiro atoms. The lowest BCUT2D eigenvalue weighted by molar-refractivity contribution is 0.635. The second-order valence-electron chi connectivity index (χ2n) is 5.95. The number of hydrogen-bond donors (Lipinski definition) is 0. The standard InChI is InChI=1S/C19H17N7/c20-13-15-4-5-18(23-14-15)25-9-11-26(12-10-25)19-22-8-6-17(24-19)16-3-1-2-7-21-16/h1-8,14H,9-12H2. The summed E-state index contributed by atoms with van der Waals surface area (Å²) in [4.78, 5) is 22.2. The van der Waals surface area contributed by atoms with Gasteiger partial charge in [0.05, 0.1) is 17.0 Å². The van der Waals surface area contributed by atoms with Crippen molar-refractivity contribution in [1.82, 2.24) is 19.9 Å². The van der Waals surface area contributed by atoms with Crippen LogP contribution < -0.4 is 9.80 Å². The van der Waals surface area contributed by atoms with E-state index in [1.807, 2.05) is 30.3 Å². The third-order valence-electron chi connectivity index (χ3n) is 4.33. The molecule has 7 nitrogen and oxygen atoms in total. The van der Waals surface area contributed by atoms with Gasteiger partial charge < -0.3 is 9.80 Å². The van der Waals surface area contributed by atoms with Crippen LogP contribution in [0.25, 0.3) is 11.4 Å². The maximum Gasteiger partial charge on any atom is 0.226 e. The van der Waals surface area contributed by atoms with Crippen molar-refractivity contribution in [1.29, 1.82) is 5.26 Å². The summed E-state index contributed by atoms with van der Waals surface area (Å²) in [7, 11) is 0. The van der Waals surface area contributed by atoms with Crippen molar-refractivity contribution < 1.29 is 0 Å². The Morgan fingerprint density at radius 1 is 0.808 bits per heavy atom. The number of rotatable bonds is 3. The fourth-order valence-electron chi connectivity index (χ4n) is 2.93. The highest BCUT2D eigenvalue weighted by Crippen LogP contribution is 2.19. The summed E-state index contributed by atoms with van der Waals surface area (Å²) in [5.41, 5.74) is 2.25. The molecule has 4 heterocycles. The van der Waals surface area contributed by atoms with Crippen LogP contribution in [0, 0.1) is 11.3 Å². The van der Waals surface area contributed by atoms with Crippen LogP contribution in [0.4, 0.5) is 11.8 Å². The minimum absolute atomic E-state index is 0.576. The summed E-state index contributed by atoms with van der Waals surface area (Å²) in [5.74, 6) is 1.62. The van der Waals surface area contributed by atoms with Gasteiger partial charge in [-0.15, -0.1) is 0 Å². The Balaban J connectivity index is 1.45. The minimum Gasteiger partial charge on any atom is -0.353 e. The van der Waals surface area contributed by atoms with Gasteiger partial charge in [0, 0.05) is 44.8 Å². The molecule has 3 aromatic rings. The van der Waals surface area contributed by atoms with E-state index in [9.17, 15) is 0 Å². The van der Waals surface area contributed by atoms with Crippen LogP contribution in [0.15, 0.2) is 55.0 Å². The van der Waals surface area contributed by atoms with Gasteiger partial charge in [-0.1, -0.05) is 6.07 Å². The van der Waals surface area contributed by atoms with Crippen molar-refractivity contribution in [2.75, 3.05) is 36.0 Å². The molecule has 0 saturated carbocycles. The van der Waals surface area contributed by atoms with Gasteiger partial charge >= 0.3 is 0 Å². The van der Waals surface area contributed by atoms with Crippen LogP contribution in [0.1, 0.15) is 5.56 Å². The van der Waals surface area contributed by atoms with Crippen molar-refractivity contribution >= 4 is 11.8 Å². The maximum atomic E-state index is 8.88. The molecule has 0 aliphatic carbocycles. The van der Waals surface area contributed by atoms with E-state index in [-0.39, 0.29) is 0 Å². The summed E-state index contributed by atoms with van der Waals surface area (Å²) in [5, 5.41) is 8.88. The van der Waals surface area contributed by atoms with Crippen LogP contribution >= 0.6 is 0 Å². The molecule has 0 bridgehead atoms. The van der Waals surface area contributed by atoms with Gasteiger partial charge in [0.15, 0.2) is 0 Å². The third-order valence-corrected chi connectivity index (χ3v) is 4.33. The van der Waals surface area contributed by atoms with Crippen molar-refractivity contribution in [2.24, 2.45) is 0 Å². The van der Waals surface area contributed by atoms with Gasteiger partial charge in [0.25, 0.3) is 0 Å². The molecule has 0 aromatic carbocycles. The maximum absolute atomic E-state index is 8.88. The largest absolute Gasteiger partial charge is 0.353 e. The average Bonchev–Trinajstić information content (AvgIpc) is 2.75. The first kappa shape index (κ1) is 16.0. The molecule has 1 saturated heterocycles. The summed E-state index contributed by atoms with van der Waals surface area (Å²) >= 11 is 0. The minimum atomic E-state index is 0.576. The average molecular weight is 343 g/mol. The number of hydrogen-bond acceptors (Lipinski definition) is 7. The van der Waals surface area contributed by atoms with Crippen molar-refractivity contribution in [2.45, 2.75) is 0 Å². The molecule has 0 atom stereocenters. The third kappa shape index (κ3) is 3.30. The predicted molar refractivity (Wildman–Crippen MR) is 98.6 cm³/mol. The summed E-state index contributed by atoms with van der Waals surface area (Å²) in [6.45, 7) is 3.28. The molecule has 3 aromatic heterocycles. The Morgan fingerprint density at radius 2 is 1.65 bits per heavy atom. The van der Waals surface area contributed by atoms with E-state index < -0.39 is 0 Å². The second-order valence-corrected chi connectivity index (χ2v) is 5.95. The van der Waals surface area contributed by atoms with Gasteiger partial charge in [0.1, 0.15) is 11.9 Å². The molecule has 1 fully saturated rings. The molecule has 7 heteroatoms. The number of anilines is 2.